The van der Waals surface area contributed by atoms with E-state index in [9.17, 15) is 14.9 Å². The number of carbonyl (C=O) groups excluding carboxylic acids is 1. The summed E-state index contributed by atoms with van der Waals surface area (Å²) in [5.41, 5.74) is 0.533. The van der Waals surface area contributed by atoms with Gasteiger partial charge >= 0.3 is 0 Å². The van der Waals surface area contributed by atoms with E-state index in [1.54, 1.807) is 31.4 Å². The molecule has 1 aliphatic heterocycles. The molecule has 0 bridgehead atoms. The van der Waals surface area contributed by atoms with Gasteiger partial charge in [-0.3, -0.25) is 9.59 Å². The Morgan fingerprint density at radius 1 is 1.35 bits per heavy atom. The number of thioether (sulfide) groups is 1. The molecule has 8 heteroatoms. The van der Waals surface area contributed by atoms with Crippen molar-refractivity contribution in [2.45, 2.75) is 18.0 Å². The van der Waals surface area contributed by atoms with E-state index in [1.165, 1.54) is 11.8 Å². The number of amides is 1. The third kappa shape index (κ3) is 3.89. The fourth-order valence-electron chi connectivity index (χ4n) is 2.78. The second-order valence-corrected chi connectivity index (χ2v) is 6.85. The minimum absolute atomic E-state index is 0.0192. The zero-order valence-electron chi connectivity index (χ0n) is 14.3. The Balaban J connectivity index is 1.81. The molecule has 1 aliphatic rings. The molecular weight excluding hydrogens is 352 g/mol. The molecule has 0 unspecified atom stereocenters. The van der Waals surface area contributed by atoms with E-state index in [0.717, 1.165) is 13.0 Å². The Labute approximate surface area is 155 Å². The minimum atomic E-state index is -0.465. The van der Waals surface area contributed by atoms with Gasteiger partial charge < -0.3 is 14.6 Å². The lowest BCUT2D eigenvalue weighted by atomic mass is 10.1. The number of hydrogen-bond donors (Lipinski definition) is 1. The summed E-state index contributed by atoms with van der Waals surface area (Å²) < 4.78 is 5.13. The second kappa shape index (κ2) is 8.06. The molecule has 0 spiro atoms. The molecule has 2 aromatic rings. The van der Waals surface area contributed by atoms with E-state index in [1.807, 2.05) is 11.0 Å². The number of methoxy groups -OCH3 is 1. The Morgan fingerprint density at radius 3 is 2.73 bits per heavy atom. The number of nitrogens with one attached hydrogen (secondary N) is 1. The van der Waals surface area contributed by atoms with Crippen molar-refractivity contribution >= 4 is 17.7 Å². The lowest BCUT2D eigenvalue weighted by Gasteiger charge is -2.14. The summed E-state index contributed by atoms with van der Waals surface area (Å²) in [5, 5.41) is 9.75. The topological polar surface area (TPSA) is 99.1 Å². The minimum Gasteiger partial charge on any atom is -0.497 e. The van der Waals surface area contributed by atoms with Gasteiger partial charge in [0.1, 0.15) is 17.4 Å². The summed E-state index contributed by atoms with van der Waals surface area (Å²) >= 11 is 1.36. The fourth-order valence-corrected chi connectivity index (χ4v) is 3.60. The number of aromatic amines is 1. The van der Waals surface area contributed by atoms with Gasteiger partial charge in [-0.05, 0) is 30.7 Å². The summed E-state index contributed by atoms with van der Waals surface area (Å²) in [5.74, 6) is 1.48. The Kier molecular flexibility index (Phi) is 5.58. The van der Waals surface area contributed by atoms with Crippen LogP contribution in [0.5, 0.6) is 5.75 Å². The smallest absolute Gasteiger partial charge is 0.270 e. The van der Waals surface area contributed by atoms with Gasteiger partial charge in [0.25, 0.3) is 5.56 Å². The molecule has 0 atom stereocenters. The van der Waals surface area contributed by atoms with Crippen LogP contribution in [-0.4, -0.2) is 46.7 Å². The van der Waals surface area contributed by atoms with Crippen LogP contribution in [0.4, 0.5) is 0 Å². The molecule has 7 nitrogen and oxygen atoms in total. The van der Waals surface area contributed by atoms with Crippen molar-refractivity contribution in [2.24, 2.45) is 0 Å². The summed E-state index contributed by atoms with van der Waals surface area (Å²) in [7, 11) is 1.57. The van der Waals surface area contributed by atoms with Crippen molar-refractivity contribution in [3.8, 4) is 23.1 Å². The van der Waals surface area contributed by atoms with E-state index in [2.05, 4.69) is 9.97 Å². The van der Waals surface area contributed by atoms with Crippen LogP contribution in [0.3, 0.4) is 0 Å². The molecule has 1 saturated heterocycles. The van der Waals surface area contributed by atoms with Crippen molar-refractivity contribution in [2.75, 3.05) is 26.0 Å². The Bertz CT molecular complexity index is 902. The first-order chi connectivity index (χ1) is 12.6. The quantitative estimate of drug-likeness (QED) is 0.617. The number of nitriles is 1. The number of H-pyrrole nitrogens is 1. The predicted octanol–water partition coefficient (Wildman–Crippen LogP) is 2.03. The number of carbonyl (C=O) groups is 1. The number of nitrogens with zero attached hydrogens (tertiary/aromatic N) is 3. The van der Waals surface area contributed by atoms with E-state index in [4.69, 9.17) is 4.74 Å². The highest BCUT2D eigenvalue weighted by atomic mass is 32.2. The van der Waals surface area contributed by atoms with Gasteiger partial charge in [0, 0.05) is 30.8 Å². The lowest BCUT2D eigenvalue weighted by molar-refractivity contribution is -0.127. The molecule has 0 saturated carbocycles. The number of likely N-dealkylation sites (tertiary alicyclic amines) is 1. The first-order valence-electron chi connectivity index (χ1n) is 8.22. The average Bonchev–Trinajstić information content (AvgIpc) is 3.06. The van der Waals surface area contributed by atoms with Crippen LogP contribution >= 0.6 is 11.8 Å². The van der Waals surface area contributed by atoms with Crippen molar-refractivity contribution in [1.82, 2.24) is 14.9 Å². The zero-order valence-corrected chi connectivity index (χ0v) is 15.1. The third-order valence-electron chi connectivity index (χ3n) is 4.14. The molecule has 0 radical (unpaired) electrons. The van der Waals surface area contributed by atoms with Gasteiger partial charge in [-0.1, -0.05) is 11.8 Å². The first-order valence-corrected chi connectivity index (χ1v) is 9.20. The monoisotopic (exact) mass is 370 g/mol. The molecule has 1 fully saturated rings. The third-order valence-corrected chi connectivity index (χ3v) is 5.00. The number of aromatic nitrogens is 2. The average molecular weight is 370 g/mol. The highest BCUT2D eigenvalue weighted by Crippen LogP contribution is 2.24. The lowest BCUT2D eigenvalue weighted by Crippen LogP contribution is -2.27. The van der Waals surface area contributed by atoms with Crippen LogP contribution in [0.2, 0.25) is 0 Å². The number of benzene rings is 1. The molecule has 134 valence electrons. The van der Waals surface area contributed by atoms with Gasteiger partial charge in [0.15, 0.2) is 5.16 Å². The maximum Gasteiger partial charge on any atom is 0.270 e. The van der Waals surface area contributed by atoms with Crippen LogP contribution in [-0.2, 0) is 4.79 Å². The molecule has 3 rings (SSSR count). The molecule has 26 heavy (non-hydrogen) atoms. The highest BCUT2D eigenvalue weighted by Gasteiger charge is 2.20. The molecular formula is C18H18N4O3S. The van der Waals surface area contributed by atoms with Crippen LogP contribution in [0.25, 0.3) is 11.3 Å². The van der Waals surface area contributed by atoms with Crippen LogP contribution in [0.1, 0.15) is 18.4 Å². The molecule has 0 aliphatic carbocycles. The van der Waals surface area contributed by atoms with Gasteiger partial charge in [0.2, 0.25) is 5.91 Å². The summed E-state index contributed by atoms with van der Waals surface area (Å²) in [6, 6.07) is 8.96. The maximum atomic E-state index is 12.2. The summed E-state index contributed by atoms with van der Waals surface area (Å²) in [6.07, 6.45) is 1.51. The van der Waals surface area contributed by atoms with Gasteiger partial charge in [-0.2, -0.15) is 5.26 Å². The van der Waals surface area contributed by atoms with E-state index >= 15 is 0 Å². The zero-order chi connectivity index (χ0) is 18.5. The standard InChI is InChI=1S/C18H18N4O3S/c1-25-13-6-4-12(5-7-13)16-14(11-19)17(24)21-18(20-16)26-10-9-22-8-2-3-15(22)23/h4-7H,2-3,8-10H2,1H3,(H,20,21,24). The van der Waals surface area contributed by atoms with E-state index < -0.39 is 5.56 Å². The van der Waals surface area contributed by atoms with Crippen molar-refractivity contribution < 1.29 is 9.53 Å². The van der Waals surface area contributed by atoms with Crippen molar-refractivity contribution in [3.63, 3.8) is 0 Å². The molecule has 2 heterocycles. The van der Waals surface area contributed by atoms with Crippen LogP contribution in [0.15, 0.2) is 34.2 Å². The SMILES string of the molecule is COc1ccc(-c2nc(SCCN3CCCC3=O)[nH]c(=O)c2C#N)cc1. The molecule has 1 N–H and O–H groups in total. The largest absolute Gasteiger partial charge is 0.497 e. The second-order valence-electron chi connectivity index (χ2n) is 5.77. The van der Waals surface area contributed by atoms with Crippen molar-refractivity contribution in [3.05, 3.63) is 40.2 Å². The normalized spacial score (nSPS) is 13.7. The van der Waals surface area contributed by atoms with Gasteiger partial charge in [0.05, 0.1) is 12.8 Å². The van der Waals surface area contributed by atoms with E-state index in [-0.39, 0.29) is 11.5 Å². The Morgan fingerprint density at radius 2 is 2.12 bits per heavy atom. The van der Waals surface area contributed by atoms with Gasteiger partial charge in [-0.25, -0.2) is 4.98 Å². The molecule has 1 aromatic carbocycles. The van der Waals surface area contributed by atoms with E-state index in [0.29, 0.717) is 40.9 Å². The fraction of sp³-hybridized carbons (Fsp3) is 0.333. The number of ether oxygens (including phenoxy) is 1. The molecule has 1 amide bonds. The number of hydrogen-bond acceptors (Lipinski definition) is 6. The summed E-state index contributed by atoms with van der Waals surface area (Å²) in [6.45, 7) is 1.40. The van der Waals surface area contributed by atoms with Gasteiger partial charge in [-0.15, -0.1) is 0 Å². The number of rotatable bonds is 6. The first kappa shape index (κ1) is 18.0. The highest BCUT2D eigenvalue weighted by molar-refractivity contribution is 7.99. The molecule has 1 aromatic heterocycles. The van der Waals surface area contributed by atoms with Crippen LogP contribution in [0, 0.1) is 11.3 Å². The Hall–Kier alpha value is -2.79. The van der Waals surface area contributed by atoms with Crippen LogP contribution < -0.4 is 10.3 Å². The summed E-state index contributed by atoms with van der Waals surface area (Å²) in [4.78, 5) is 32.8. The van der Waals surface area contributed by atoms with Crippen molar-refractivity contribution in [1.29, 1.82) is 5.26 Å². The predicted molar refractivity (Wildman–Crippen MR) is 98.1 cm³/mol. The maximum absolute atomic E-state index is 12.2.